The van der Waals surface area contributed by atoms with Crippen LogP contribution >= 0.6 is 0 Å². The Hall–Kier alpha value is -1.37. The van der Waals surface area contributed by atoms with E-state index in [2.05, 4.69) is 4.98 Å². The summed E-state index contributed by atoms with van der Waals surface area (Å²) in [4.78, 5) is 15.3. The van der Waals surface area contributed by atoms with E-state index < -0.39 is 26.0 Å². The summed E-state index contributed by atoms with van der Waals surface area (Å²) in [5.41, 5.74) is -0.310. The van der Waals surface area contributed by atoms with Crippen LogP contribution in [0.2, 0.25) is 0 Å². The van der Waals surface area contributed by atoms with Crippen molar-refractivity contribution in [3.05, 3.63) is 17.3 Å². The molecule has 1 N–H and O–H groups in total. The third-order valence-corrected chi connectivity index (χ3v) is 5.00. The van der Waals surface area contributed by atoms with Crippen molar-refractivity contribution < 1.29 is 22.7 Å². The lowest BCUT2D eigenvalue weighted by Crippen LogP contribution is -2.28. The van der Waals surface area contributed by atoms with Gasteiger partial charge in [-0.25, -0.2) is 18.2 Å². The van der Waals surface area contributed by atoms with Gasteiger partial charge in [0.25, 0.3) is 0 Å². The molecule has 6 nitrogen and oxygen atoms in total. The molecular formula is C12H19NO5S. The summed E-state index contributed by atoms with van der Waals surface area (Å²) in [6, 6.07) is 0. The minimum Gasteiger partial charge on any atom is -0.475 e. The highest BCUT2D eigenvalue weighted by Crippen LogP contribution is 2.33. The van der Waals surface area contributed by atoms with Gasteiger partial charge >= 0.3 is 5.97 Å². The molecule has 1 aromatic rings. The van der Waals surface area contributed by atoms with Crippen LogP contribution in [0.15, 0.2) is 4.42 Å². The van der Waals surface area contributed by atoms with Crippen LogP contribution in [0.1, 0.15) is 56.8 Å². The van der Waals surface area contributed by atoms with Crippen LogP contribution in [0.3, 0.4) is 0 Å². The van der Waals surface area contributed by atoms with E-state index >= 15 is 0 Å². The number of carboxylic acids is 1. The maximum Gasteiger partial charge on any atom is 0.373 e. The van der Waals surface area contributed by atoms with Gasteiger partial charge in [-0.05, 0) is 13.8 Å². The molecule has 0 saturated carbocycles. The maximum atomic E-state index is 11.7. The second kappa shape index (κ2) is 4.33. The van der Waals surface area contributed by atoms with Crippen LogP contribution in [-0.2, 0) is 20.0 Å². The highest BCUT2D eigenvalue weighted by Gasteiger charge is 2.40. The molecule has 0 amide bonds. The van der Waals surface area contributed by atoms with Crippen LogP contribution in [0.5, 0.6) is 0 Å². The third kappa shape index (κ3) is 2.80. The Kier molecular flexibility index (Phi) is 3.58. The van der Waals surface area contributed by atoms with Crippen LogP contribution in [0.25, 0.3) is 0 Å². The van der Waals surface area contributed by atoms with Crippen molar-refractivity contribution >= 4 is 15.8 Å². The number of sulfone groups is 1. The number of rotatable bonds is 3. The Balaban J connectivity index is 3.56. The Bertz CT molecular complexity index is 605. The first-order chi connectivity index (χ1) is 8.28. The van der Waals surface area contributed by atoms with Crippen LogP contribution < -0.4 is 0 Å². The summed E-state index contributed by atoms with van der Waals surface area (Å²) in [5, 5.41) is 9.13. The maximum absolute atomic E-state index is 11.7. The standard InChI is InChI=1S/C12H19NO5S/c1-11(2,3)8-7(9(14)15)18-10(13-8)12(4,5)19(6,16)17/h1-6H3,(H,14,15). The fraction of sp³-hybridized carbons (Fsp3) is 0.667. The van der Waals surface area contributed by atoms with Gasteiger partial charge in [0.15, 0.2) is 9.84 Å². The summed E-state index contributed by atoms with van der Waals surface area (Å²) in [6.45, 7) is 8.23. The quantitative estimate of drug-likeness (QED) is 0.913. The molecule has 1 rings (SSSR count). The Labute approximate surface area is 112 Å². The topological polar surface area (TPSA) is 97.5 Å². The smallest absolute Gasteiger partial charge is 0.373 e. The van der Waals surface area contributed by atoms with Crippen molar-refractivity contribution in [1.29, 1.82) is 0 Å². The third-order valence-electron chi connectivity index (χ3n) is 2.97. The number of oxazole rings is 1. The van der Waals surface area contributed by atoms with Gasteiger partial charge in [0.1, 0.15) is 4.75 Å². The summed E-state index contributed by atoms with van der Waals surface area (Å²) >= 11 is 0. The van der Waals surface area contributed by atoms with E-state index in [1.54, 1.807) is 20.8 Å². The molecule has 0 aliphatic carbocycles. The van der Waals surface area contributed by atoms with E-state index in [-0.39, 0.29) is 17.3 Å². The molecule has 19 heavy (non-hydrogen) atoms. The number of hydrogen-bond donors (Lipinski definition) is 1. The molecule has 0 aliphatic rings. The Morgan fingerprint density at radius 1 is 1.21 bits per heavy atom. The predicted molar refractivity (Wildman–Crippen MR) is 70.0 cm³/mol. The molecule has 0 unspecified atom stereocenters. The molecule has 0 aromatic carbocycles. The summed E-state index contributed by atoms with van der Waals surface area (Å²) in [7, 11) is -3.48. The van der Waals surface area contributed by atoms with Crippen molar-refractivity contribution in [3.63, 3.8) is 0 Å². The number of nitrogens with zero attached hydrogens (tertiary/aromatic N) is 1. The van der Waals surface area contributed by atoms with Crippen LogP contribution in [0, 0.1) is 0 Å². The van der Waals surface area contributed by atoms with Crippen molar-refractivity contribution in [2.75, 3.05) is 6.26 Å². The monoisotopic (exact) mass is 289 g/mol. The second-order valence-electron chi connectivity index (χ2n) is 6.03. The first-order valence-electron chi connectivity index (χ1n) is 5.73. The summed E-state index contributed by atoms with van der Waals surface area (Å²) in [6.07, 6.45) is 1.06. The summed E-state index contributed by atoms with van der Waals surface area (Å²) < 4.78 is 27.3. The molecule has 0 fully saturated rings. The van der Waals surface area contributed by atoms with Gasteiger partial charge in [0.2, 0.25) is 11.7 Å². The zero-order valence-corrected chi connectivity index (χ0v) is 12.8. The minimum absolute atomic E-state index is 0.0997. The number of carboxylic acid groups (broad SMARTS) is 1. The van der Waals surface area contributed by atoms with E-state index in [0.717, 1.165) is 6.26 Å². The van der Waals surface area contributed by atoms with Gasteiger partial charge in [-0.3, -0.25) is 0 Å². The van der Waals surface area contributed by atoms with Gasteiger partial charge in [0.05, 0.1) is 5.69 Å². The second-order valence-corrected chi connectivity index (χ2v) is 8.60. The zero-order valence-electron chi connectivity index (χ0n) is 11.9. The molecule has 7 heteroatoms. The van der Waals surface area contributed by atoms with Crippen LogP contribution in [-0.4, -0.2) is 30.7 Å². The fourth-order valence-electron chi connectivity index (χ4n) is 1.39. The van der Waals surface area contributed by atoms with E-state index in [1.807, 2.05) is 0 Å². The fourth-order valence-corrected chi connectivity index (χ4v) is 1.79. The lowest BCUT2D eigenvalue weighted by atomic mass is 9.91. The highest BCUT2D eigenvalue weighted by atomic mass is 32.2. The molecule has 1 heterocycles. The lowest BCUT2D eigenvalue weighted by molar-refractivity contribution is 0.0655. The molecule has 0 radical (unpaired) electrons. The first kappa shape index (κ1) is 15.7. The molecule has 0 saturated heterocycles. The average Bonchev–Trinajstić information content (AvgIpc) is 2.59. The molecular weight excluding hydrogens is 270 g/mol. The van der Waals surface area contributed by atoms with E-state index in [9.17, 15) is 13.2 Å². The molecule has 0 atom stereocenters. The minimum atomic E-state index is -3.48. The zero-order chi connectivity index (χ0) is 15.2. The van der Waals surface area contributed by atoms with Crippen molar-refractivity contribution in [2.24, 2.45) is 0 Å². The number of aromatic nitrogens is 1. The van der Waals surface area contributed by atoms with Gasteiger partial charge in [-0.1, -0.05) is 20.8 Å². The van der Waals surface area contributed by atoms with Gasteiger partial charge in [-0.15, -0.1) is 0 Å². The number of hydrogen-bond acceptors (Lipinski definition) is 5. The van der Waals surface area contributed by atoms with Crippen molar-refractivity contribution in [2.45, 2.75) is 44.8 Å². The van der Waals surface area contributed by atoms with Gasteiger partial charge in [0, 0.05) is 11.7 Å². The summed E-state index contributed by atoms with van der Waals surface area (Å²) in [5.74, 6) is -1.66. The van der Waals surface area contributed by atoms with Crippen molar-refractivity contribution in [3.8, 4) is 0 Å². The van der Waals surface area contributed by atoms with Gasteiger partial charge in [-0.2, -0.15) is 0 Å². The van der Waals surface area contributed by atoms with E-state index in [0.29, 0.717) is 0 Å². The van der Waals surface area contributed by atoms with Gasteiger partial charge < -0.3 is 9.52 Å². The predicted octanol–water partition coefficient (Wildman–Crippen LogP) is 1.95. The molecule has 0 spiro atoms. The normalized spacial score (nSPS) is 13.6. The van der Waals surface area contributed by atoms with E-state index in [1.165, 1.54) is 13.8 Å². The SMILES string of the molecule is CC(C)(C)c1nc(C(C)(C)S(C)(=O)=O)oc1C(=O)O. The number of aromatic carboxylic acids is 1. The first-order valence-corrected chi connectivity index (χ1v) is 7.62. The molecule has 0 aliphatic heterocycles. The Morgan fingerprint density at radius 2 is 1.68 bits per heavy atom. The largest absolute Gasteiger partial charge is 0.475 e. The average molecular weight is 289 g/mol. The highest BCUT2D eigenvalue weighted by molar-refractivity contribution is 7.91. The lowest BCUT2D eigenvalue weighted by Gasteiger charge is -2.18. The van der Waals surface area contributed by atoms with Crippen LogP contribution in [0.4, 0.5) is 0 Å². The molecule has 1 aromatic heterocycles. The van der Waals surface area contributed by atoms with E-state index in [4.69, 9.17) is 9.52 Å². The molecule has 108 valence electrons. The van der Waals surface area contributed by atoms with Crippen molar-refractivity contribution in [1.82, 2.24) is 4.98 Å². The number of carbonyl (C=O) groups is 1. The molecule has 0 bridgehead atoms. The Morgan fingerprint density at radius 3 is 1.95 bits per heavy atom.